The van der Waals surface area contributed by atoms with Gasteiger partial charge in [-0.25, -0.2) is 0 Å². The van der Waals surface area contributed by atoms with Crippen LogP contribution in [0.2, 0.25) is 0 Å². The molecule has 3 aliphatic rings. The van der Waals surface area contributed by atoms with E-state index in [2.05, 4.69) is 11.8 Å². The molecular weight excluding hydrogens is 198 g/mol. The lowest BCUT2D eigenvalue weighted by Crippen LogP contribution is -2.61. The molecule has 0 atom stereocenters. The predicted octanol–water partition coefficient (Wildman–Crippen LogP) is 2.54. The summed E-state index contributed by atoms with van der Waals surface area (Å²) in [6, 6.07) is 0. The Labute approximate surface area is 99.3 Å². The van der Waals surface area contributed by atoms with Crippen LogP contribution >= 0.6 is 0 Å². The Balaban J connectivity index is 1.28. The molecular formula is C14H25NO. The van der Waals surface area contributed by atoms with E-state index in [0.29, 0.717) is 0 Å². The van der Waals surface area contributed by atoms with Crippen LogP contribution in [0.3, 0.4) is 0 Å². The molecule has 0 aromatic carbocycles. The van der Waals surface area contributed by atoms with E-state index in [1.54, 1.807) is 0 Å². The smallest absolute Gasteiger partial charge is 0.0494 e. The highest BCUT2D eigenvalue weighted by atomic mass is 16.5. The van der Waals surface area contributed by atoms with E-state index < -0.39 is 0 Å². The summed E-state index contributed by atoms with van der Waals surface area (Å²) in [5.74, 6) is 1.87. The summed E-state index contributed by atoms with van der Waals surface area (Å²) in [5, 5.41) is 0. The van der Waals surface area contributed by atoms with Crippen LogP contribution in [-0.2, 0) is 4.74 Å². The van der Waals surface area contributed by atoms with Crippen molar-refractivity contribution >= 4 is 0 Å². The molecule has 0 unspecified atom stereocenters. The Hall–Kier alpha value is -0.0800. The van der Waals surface area contributed by atoms with Gasteiger partial charge < -0.3 is 9.64 Å². The number of ether oxygens (including phenoxy) is 1. The Morgan fingerprint density at radius 2 is 1.94 bits per heavy atom. The summed E-state index contributed by atoms with van der Waals surface area (Å²) in [7, 11) is 0. The predicted molar refractivity (Wildman–Crippen MR) is 65.4 cm³/mol. The Bertz CT molecular complexity index is 235. The van der Waals surface area contributed by atoms with E-state index in [1.807, 2.05) is 0 Å². The molecule has 1 aliphatic heterocycles. The van der Waals surface area contributed by atoms with E-state index in [0.717, 1.165) is 30.5 Å². The average molecular weight is 223 g/mol. The zero-order chi connectivity index (χ0) is 11.0. The highest BCUT2D eigenvalue weighted by Gasteiger charge is 2.47. The van der Waals surface area contributed by atoms with Crippen LogP contribution in [0.25, 0.3) is 0 Å². The lowest BCUT2D eigenvalue weighted by atomic mass is 9.63. The Morgan fingerprint density at radius 1 is 1.19 bits per heavy atom. The van der Waals surface area contributed by atoms with Gasteiger partial charge in [-0.2, -0.15) is 0 Å². The quantitative estimate of drug-likeness (QED) is 0.710. The SMILES string of the molecule is CCOCC1CC(CN2CC3(CCC3)C2)C1. The fourth-order valence-electron chi connectivity index (χ4n) is 3.83. The summed E-state index contributed by atoms with van der Waals surface area (Å²) >= 11 is 0. The molecule has 92 valence electrons. The first-order valence-corrected chi connectivity index (χ1v) is 7.10. The largest absolute Gasteiger partial charge is 0.381 e. The fraction of sp³-hybridized carbons (Fsp3) is 1.00. The van der Waals surface area contributed by atoms with Gasteiger partial charge in [-0.3, -0.25) is 0 Å². The fourth-order valence-corrected chi connectivity index (χ4v) is 3.83. The molecule has 0 amide bonds. The van der Waals surface area contributed by atoms with Crippen molar-refractivity contribution in [1.82, 2.24) is 4.90 Å². The zero-order valence-corrected chi connectivity index (χ0v) is 10.6. The van der Waals surface area contributed by atoms with E-state index in [1.165, 1.54) is 51.7 Å². The molecule has 1 saturated heterocycles. The highest BCUT2D eigenvalue weighted by molar-refractivity contribution is 5.01. The molecule has 2 nitrogen and oxygen atoms in total. The number of nitrogens with zero attached hydrogens (tertiary/aromatic N) is 1. The molecule has 1 spiro atoms. The monoisotopic (exact) mass is 223 g/mol. The van der Waals surface area contributed by atoms with Crippen LogP contribution in [0.5, 0.6) is 0 Å². The minimum absolute atomic E-state index is 0.814. The third kappa shape index (κ3) is 2.02. The first-order chi connectivity index (χ1) is 7.80. The molecule has 16 heavy (non-hydrogen) atoms. The first-order valence-electron chi connectivity index (χ1n) is 7.10. The standard InChI is InChI=1S/C14H25NO/c1-2-16-9-13-6-12(7-13)8-15-10-14(11-15)4-3-5-14/h12-13H,2-11H2,1H3. The normalized spacial score (nSPS) is 36.6. The lowest BCUT2D eigenvalue weighted by Gasteiger charge is -2.57. The zero-order valence-electron chi connectivity index (χ0n) is 10.6. The maximum Gasteiger partial charge on any atom is 0.0494 e. The number of likely N-dealkylation sites (tertiary alicyclic amines) is 1. The Kier molecular flexibility index (Phi) is 2.97. The summed E-state index contributed by atoms with van der Waals surface area (Å²) in [6.45, 7) is 8.20. The molecule has 1 heterocycles. The van der Waals surface area contributed by atoms with Gasteiger partial charge in [0.1, 0.15) is 0 Å². The van der Waals surface area contributed by atoms with Crippen LogP contribution in [0.15, 0.2) is 0 Å². The minimum Gasteiger partial charge on any atom is -0.381 e. The second kappa shape index (κ2) is 4.30. The van der Waals surface area contributed by atoms with Crippen molar-refractivity contribution in [3.63, 3.8) is 0 Å². The maximum absolute atomic E-state index is 5.48. The summed E-state index contributed by atoms with van der Waals surface area (Å²) in [5.41, 5.74) is 0.814. The third-order valence-corrected chi connectivity index (χ3v) is 4.94. The van der Waals surface area contributed by atoms with Gasteiger partial charge in [0, 0.05) is 32.8 Å². The van der Waals surface area contributed by atoms with Crippen molar-refractivity contribution in [2.75, 3.05) is 32.8 Å². The van der Waals surface area contributed by atoms with Crippen LogP contribution in [0.1, 0.15) is 39.0 Å². The van der Waals surface area contributed by atoms with Crippen LogP contribution in [-0.4, -0.2) is 37.7 Å². The molecule has 3 fully saturated rings. The molecule has 0 radical (unpaired) electrons. The molecule has 2 heteroatoms. The van der Waals surface area contributed by atoms with Crippen LogP contribution < -0.4 is 0 Å². The van der Waals surface area contributed by atoms with Crippen LogP contribution in [0, 0.1) is 17.3 Å². The van der Waals surface area contributed by atoms with Crippen molar-refractivity contribution in [1.29, 1.82) is 0 Å². The van der Waals surface area contributed by atoms with Crippen molar-refractivity contribution in [2.24, 2.45) is 17.3 Å². The van der Waals surface area contributed by atoms with Gasteiger partial charge in [0.25, 0.3) is 0 Å². The first kappa shape index (κ1) is 11.0. The summed E-state index contributed by atoms with van der Waals surface area (Å²) < 4.78 is 5.48. The van der Waals surface area contributed by atoms with Crippen molar-refractivity contribution in [2.45, 2.75) is 39.0 Å². The summed E-state index contributed by atoms with van der Waals surface area (Å²) in [6.07, 6.45) is 7.36. The second-order valence-corrected chi connectivity index (χ2v) is 6.39. The molecule has 2 aliphatic carbocycles. The lowest BCUT2D eigenvalue weighted by molar-refractivity contribution is -0.0787. The van der Waals surface area contributed by atoms with Gasteiger partial charge in [-0.15, -0.1) is 0 Å². The molecule has 0 bridgehead atoms. The highest BCUT2D eigenvalue weighted by Crippen LogP contribution is 2.49. The van der Waals surface area contributed by atoms with Gasteiger partial charge in [-0.1, -0.05) is 6.42 Å². The number of rotatable bonds is 5. The number of hydrogen-bond donors (Lipinski definition) is 0. The van der Waals surface area contributed by atoms with Gasteiger partial charge >= 0.3 is 0 Å². The van der Waals surface area contributed by atoms with E-state index in [9.17, 15) is 0 Å². The van der Waals surface area contributed by atoms with Gasteiger partial charge in [0.05, 0.1) is 0 Å². The molecule has 0 aromatic rings. The maximum atomic E-state index is 5.48. The van der Waals surface area contributed by atoms with Gasteiger partial charge in [0.15, 0.2) is 0 Å². The molecule has 2 saturated carbocycles. The minimum atomic E-state index is 0.814. The third-order valence-electron chi connectivity index (χ3n) is 4.94. The molecule has 3 rings (SSSR count). The number of hydrogen-bond acceptors (Lipinski definition) is 2. The van der Waals surface area contributed by atoms with Gasteiger partial charge in [-0.05, 0) is 49.9 Å². The second-order valence-electron chi connectivity index (χ2n) is 6.39. The van der Waals surface area contributed by atoms with E-state index in [4.69, 9.17) is 4.74 Å². The van der Waals surface area contributed by atoms with Crippen molar-refractivity contribution in [3.8, 4) is 0 Å². The average Bonchev–Trinajstić information content (AvgIpc) is 2.08. The van der Waals surface area contributed by atoms with Crippen molar-refractivity contribution in [3.05, 3.63) is 0 Å². The van der Waals surface area contributed by atoms with Crippen LogP contribution in [0.4, 0.5) is 0 Å². The molecule has 0 aromatic heterocycles. The molecule has 0 N–H and O–H groups in total. The topological polar surface area (TPSA) is 12.5 Å². The van der Waals surface area contributed by atoms with E-state index >= 15 is 0 Å². The van der Waals surface area contributed by atoms with E-state index in [-0.39, 0.29) is 0 Å². The Morgan fingerprint density at radius 3 is 2.50 bits per heavy atom. The van der Waals surface area contributed by atoms with Crippen molar-refractivity contribution < 1.29 is 4.74 Å². The van der Waals surface area contributed by atoms with Gasteiger partial charge in [0.2, 0.25) is 0 Å². The summed E-state index contributed by atoms with van der Waals surface area (Å²) in [4.78, 5) is 2.70.